The van der Waals surface area contributed by atoms with Crippen molar-refractivity contribution in [1.29, 1.82) is 0 Å². The van der Waals surface area contributed by atoms with Gasteiger partial charge in [-0.2, -0.15) is 20.0 Å². The van der Waals surface area contributed by atoms with Crippen LogP contribution in [-0.4, -0.2) is 61.2 Å². The molecule has 0 N–H and O–H groups in total. The Morgan fingerprint density at radius 3 is 2.83 bits per heavy atom. The number of rotatable bonds is 7. The van der Waals surface area contributed by atoms with Crippen molar-refractivity contribution < 1.29 is 18.8 Å². The molecule has 0 aliphatic carbocycles. The van der Waals surface area contributed by atoms with Gasteiger partial charge in [0.1, 0.15) is 11.8 Å². The molecule has 0 unspecified atom stereocenters. The topological polar surface area (TPSA) is 121 Å². The number of methoxy groups -OCH3 is 1. The summed E-state index contributed by atoms with van der Waals surface area (Å²) in [5.41, 5.74) is 2.51. The van der Waals surface area contributed by atoms with Crippen LogP contribution in [0, 0.1) is 6.92 Å². The first-order valence-electron chi connectivity index (χ1n) is 11.4. The molecule has 0 bridgehead atoms. The van der Waals surface area contributed by atoms with Crippen LogP contribution in [-0.2, 0) is 0 Å². The van der Waals surface area contributed by atoms with Crippen molar-refractivity contribution in [2.75, 3.05) is 20.3 Å². The fourth-order valence-electron chi connectivity index (χ4n) is 4.28. The molecule has 1 aliphatic rings. The monoisotopic (exact) mass is 475 g/mol. The van der Waals surface area contributed by atoms with Gasteiger partial charge in [-0.3, -0.25) is 4.79 Å². The second kappa shape index (κ2) is 9.53. The Hall–Kier alpha value is -4.28. The van der Waals surface area contributed by atoms with Crippen molar-refractivity contribution in [3.05, 3.63) is 59.9 Å². The molecule has 1 fully saturated rings. The summed E-state index contributed by atoms with van der Waals surface area (Å²) < 4.78 is 16.7. The Morgan fingerprint density at radius 2 is 2.06 bits per heavy atom. The van der Waals surface area contributed by atoms with Gasteiger partial charge in [0.2, 0.25) is 17.6 Å². The number of ether oxygens (including phenoxy) is 2. The van der Waals surface area contributed by atoms with Crippen molar-refractivity contribution in [3.63, 3.8) is 0 Å². The van der Waals surface area contributed by atoms with E-state index in [0.29, 0.717) is 59.7 Å². The molecule has 1 atom stereocenters. The number of carbonyl (C=O) groups excluding carboxylic acids is 1. The van der Waals surface area contributed by atoms with Gasteiger partial charge < -0.3 is 18.9 Å². The first-order chi connectivity index (χ1) is 17.1. The number of likely N-dealkylation sites (tertiary alicyclic amines) is 1. The highest BCUT2D eigenvalue weighted by Crippen LogP contribution is 2.36. The van der Waals surface area contributed by atoms with Gasteiger partial charge in [-0.25, -0.2) is 4.98 Å². The molecule has 11 nitrogen and oxygen atoms in total. The van der Waals surface area contributed by atoms with Gasteiger partial charge in [0.15, 0.2) is 0 Å². The molecule has 35 heavy (non-hydrogen) atoms. The van der Waals surface area contributed by atoms with Crippen LogP contribution in [0.2, 0.25) is 0 Å². The normalized spacial score (nSPS) is 15.4. The minimum Gasteiger partial charge on any atom is -0.496 e. The maximum atomic E-state index is 13.8. The molecule has 0 radical (unpaired) electrons. The molecule has 1 saturated heterocycles. The third kappa shape index (κ3) is 4.20. The molecule has 0 saturated carbocycles. The summed E-state index contributed by atoms with van der Waals surface area (Å²) in [4.78, 5) is 25.9. The smallest absolute Gasteiger partial charge is 0.256 e. The predicted octanol–water partition coefficient (Wildman–Crippen LogP) is 3.41. The number of hydrogen-bond acceptors (Lipinski definition) is 9. The van der Waals surface area contributed by atoms with Crippen molar-refractivity contribution in [2.45, 2.75) is 32.7 Å². The van der Waals surface area contributed by atoms with E-state index in [4.69, 9.17) is 14.0 Å². The molecular formula is C24H25N7O4. The lowest BCUT2D eigenvalue weighted by atomic mass is 10.1. The van der Waals surface area contributed by atoms with Crippen LogP contribution in [0.3, 0.4) is 0 Å². The Labute approximate surface area is 201 Å². The Balaban J connectivity index is 1.49. The number of carbonyl (C=O) groups is 1. The Bertz CT molecular complexity index is 1340. The van der Waals surface area contributed by atoms with E-state index in [0.717, 1.165) is 12.0 Å². The molecule has 4 heterocycles. The van der Waals surface area contributed by atoms with E-state index in [2.05, 4.69) is 25.3 Å². The van der Waals surface area contributed by atoms with Gasteiger partial charge >= 0.3 is 0 Å². The zero-order valence-corrected chi connectivity index (χ0v) is 19.7. The van der Waals surface area contributed by atoms with Gasteiger partial charge in [0.05, 0.1) is 42.9 Å². The molecule has 1 aliphatic heterocycles. The van der Waals surface area contributed by atoms with E-state index in [1.54, 1.807) is 42.7 Å². The van der Waals surface area contributed by atoms with Crippen LogP contribution in [0.15, 0.2) is 47.4 Å². The van der Waals surface area contributed by atoms with Crippen LogP contribution in [0.4, 0.5) is 0 Å². The zero-order chi connectivity index (χ0) is 24.4. The SMILES string of the molecule is CCOc1ncccc1-c1noc([C@@H]2CCCN2C(=O)c2cc(OC)c(C)cc2-n2nccn2)n1. The van der Waals surface area contributed by atoms with Crippen LogP contribution in [0.5, 0.6) is 11.6 Å². The van der Waals surface area contributed by atoms with Gasteiger partial charge in [-0.05, 0) is 56.5 Å². The van der Waals surface area contributed by atoms with E-state index in [1.165, 1.54) is 4.80 Å². The molecule has 4 aromatic rings. The average Bonchev–Trinajstić information content (AvgIpc) is 3.65. The highest BCUT2D eigenvalue weighted by atomic mass is 16.5. The van der Waals surface area contributed by atoms with Crippen LogP contribution in [0.25, 0.3) is 17.1 Å². The first kappa shape index (κ1) is 22.5. The van der Waals surface area contributed by atoms with E-state index < -0.39 is 0 Å². The Morgan fingerprint density at radius 1 is 1.23 bits per heavy atom. The van der Waals surface area contributed by atoms with Crippen LogP contribution >= 0.6 is 0 Å². The highest BCUT2D eigenvalue weighted by Gasteiger charge is 2.36. The lowest BCUT2D eigenvalue weighted by molar-refractivity contribution is 0.0709. The lowest BCUT2D eigenvalue weighted by Gasteiger charge is -2.23. The average molecular weight is 476 g/mol. The molecule has 1 aromatic carbocycles. The summed E-state index contributed by atoms with van der Waals surface area (Å²) in [7, 11) is 1.58. The highest BCUT2D eigenvalue weighted by molar-refractivity contribution is 5.98. The fourth-order valence-corrected chi connectivity index (χ4v) is 4.28. The minimum atomic E-state index is -0.360. The number of pyridine rings is 1. The standard InChI is InChI=1S/C24H25N7O4/c1-4-34-22-16(7-5-9-25-22)21-28-23(35-29-21)18-8-6-12-30(18)24(32)17-14-20(33-3)15(2)13-19(17)31-26-10-11-27-31/h5,7,9-11,13-14,18H,4,6,8,12H2,1-3H3/t18-/m0/s1. The van der Waals surface area contributed by atoms with Gasteiger partial charge in [-0.1, -0.05) is 5.16 Å². The number of hydrogen-bond donors (Lipinski definition) is 0. The maximum Gasteiger partial charge on any atom is 0.256 e. The summed E-state index contributed by atoms with van der Waals surface area (Å²) in [6, 6.07) is 6.83. The minimum absolute atomic E-state index is 0.186. The number of nitrogens with zero attached hydrogens (tertiary/aromatic N) is 7. The van der Waals surface area contributed by atoms with Crippen molar-refractivity contribution in [1.82, 2.24) is 35.0 Å². The first-order valence-corrected chi connectivity index (χ1v) is 11.4. The van der Waals surface area contributed by atoms with Gasteiger partial charge in [0, 0.05) is 12.7 Å². The quantitative estimate of drug-likeness (QED) is 0.396. The molecule has 180 valence electrons. The summed E-state index contributed by atoms with van der Waals surface area (Å²) in [6.45, 7) is 4.82. The predicted molar refractivity (Wildman–Crippen MR) is 124 cm³/mol. The molecule has 0 spiro atoms. The van der Waals surface area contributed by atoms with Crippen molar-refractivity contribution >= 4 is 5.91 Å². The third-order valence-electron chi connectivity index (χ3n) is 5.91. The third-order valence-corrected chi connectivity index (χ3v) is 5.91. The number of aryl methyl sites for hydroxylation is 1. The Kier molecular flexibility index (Phi) is 6.13. The molecule has 11 heteroatoms. The van der Waals surface area contributed by atoms with Crippen molar-refractivity contribution in [3.8, 4) is 28.7 Å². The van der Waals surface area contributed by atoms with Crippen LogP contribution < -0.4 is 9.47 Å². The van der Waals surface area contributed by atoms with Crippen molar-refractivity contribution in [2.24, 2.45) is 0 Å². The van der Waals surface area contributed by atoms with Gasteiger partial charge in [0.25, 0.3) is 5.91 Å². The second-order valence-corrected chi connectivity index (χ2v) is 8.06. The summed E-state index contributed by atoms with van der Waals surface area (Å²) in [6.07, 6.45) is 6.30. The number of amides is 1. The van der Waals surface area contributed by atoms with E-state index in [-0.39, 0.29) is 11.9 Å². The molecule has 3 aromatic heterocycles. The zero-order valence-electron chi connectivity index (χ0n) is 19.7. The second-order valence-electron chi connectivity index (χ2n) is 8.06. The van der Waals surface area contributed by atoms with E-state index in [9.17, 15) is 4.79 Å². The number of benzene rings is 1. The summed E-state index contributed by atoms with van der Waals surface area (Å²) in [5, 5.41) is 12.6. The summed E-state index contributed by atoms with van der Waals surface area (Å²) in [5.74, 6) is 1.60. The molecular weight excluding hydrogens is 450 g/mol. The lowest BCUT2D eigenvalue weighted by Crippen LogP contribution is -2.31. The summed E-state index contributed by atoms with van der Waals surface area (Å²) >= 11 is 0. The van der Waals surface area contributed by atoms with E-state index in [1.807, 2.05) is 26.0 Å². The largest absolute Gasteiger partial charge is 0.496 e. The molecule has 5 rings (SSSR count). The number of aromatic nitrogens is 6. The fraction of sp³-hybridized carbons (Fsp3) is 0.333. The van der Waals surface area contributed by atoms with E-state index >= 15 is 0 Å². The van der Waals surface area contributed by atoms with Crippen LogP contribution in [0.1, 0.15) is 47.6 Å². The maximum absolute atomic E-state index is 13.8. The van der Waals surface area contributed by atoms with Gasteiger partial charge in [-0.15, -0.1) is 0 Å². The molecule has 1 amide bonds.